The van der Waals surface area contributed by atoms with Crippen LogP contribution < -0.4 is 4.74 Å². The van der Waals surface area contributed by atoms with Crippen molar-refractivity contribution in [2.75, 3.05) is 7.11 Å². The van der Waals surface area contributed by atoms with Gasteiger partial charge in [-0.15, -0.1) is 0 Å². The number of ether oxygens (including phenoxy) is 1. The highest BCUT2D eigenvalue weighted by Gasteiger charge is 2.15. The summed E-state index contributed by atoms with van der Waals surface area (Å²) in [4.78, 5) is 11.0. The van der Waals surface area contributed by atoms with Crippen LogP contribution in [0.2, 0.25) is 0 Å². The summed E-state index contributed by atoms with van der Waals surface area (Å²) < 4.78 is 7.21. The number of methoxy groups -OCH3 is 1. The van der Waals surface area contributed by atoms with Crippen molar-refractivity contribution < 1.29 is 4.74 Å². The minimum Gasteiger partial charge on any atom is -0.481 e. The van der Waals surface area contributed by atoms with Crippen molar-refractivity contribution in [3.8, 4) is 5.88 Å². The maximum absolute atomic E-state index is 6.01. The second kappa shape index (κ2) is 4.33. The third-order valence-electron chi connectivity index (χ3n) is 3.30. The molecule has 0 aliphatic heterocycles. The number of thiazole rings is 1. The normalized spacial score (nSPS) is 14.9. The standard InChI is InChI=1S/C14H10ClN3OS/c1-19-12-5-4-11-13(17-12)20-14-16-10(7-18(11)14)8-2-3-9(15)6-8/h2-5,7H,6H2,1H3. The van der Waals surface area contributed by atoms with E-state index < -0.39 is 0 Å². The average molecular weight is 304 g/mol. The van der Waals surface area contributed by atoms with Crippen molar-refractivity contribution in [3.05, 3.63) is 41.2 Å². The number of hydrogen-bond acceptors (Lipinski definition) is 4. The minimum absolute atomic E-state index is 0.622. The Morgan fingerprint density at radius 2 is 2.20 bits per heavy atom. The smallest absolute Gasteiger partial charge is 0.214 e. The van der Waals surface area contributed by atoms with E-state index in [-0.39, 0.29) is 0 Å². The third-order valence-corrected chi connectivity index (χ3v) is 4.52. The molecule has 3 aromatic rings. The van der Waals surface area contributed by atoms with E-state index in [9.17, 15) is 0 Å². The molecule has 3 aromatic heterocycles. The molecule has 1 aliphatic carbocycles. The summed E-state index contributed by atoms with van der Waals surface area (Å²) in [6, 6.07) is 3.87. The molecular weight excluding hydrogens is 294 g/mol. The second-order valence-electron chi connectivity index (χ2n) is 4.54. The number of halogens is 1. The quantitative estimate of drug-likeness (QED) is 0.721. The highest BCUT2D eigenvalue weighted by molar-refractivity contribution is 7.23. The molecular formula is C14H10ClN3OS. The predicted octanol–water partition coefficient (Wildman–Crippen LogP) is 3.86. The highest BCUT2D eigenvalue weighted by atomic mass is 35.5. The first kappa shape index (κ1) is 11.9. The summed E-state index contributed by atoms with van der Waals surface area (Å²) in [5, 5.41) is 0.854. The SMILES string of the molecule is COc1ccc2c(n1)sc1nc(C3=CC=C(Cl)C3)cn12. The van der Waals surface area contributed by atoms with Crippen molar-refractivity contribution in [1.82, 2.24) is 14.4 Å². The van der Waals surface area contributed by atoms with Crippen LogP contribution in [0, 0.1) is 0 Å². The molecule has 0 saturated heterocycles. The van der Waals surface area contributed by atoms with Crippen molar-refractivity contribution in [1.29, 1.82) is 0 Å². The fraction of sp³-hybridized carbons (Fsp3) is 0.143. The van der Waals surface area contributed by atoms with Gasteiger partial charge in [0.25, 0.3) is 0 Å². The lowest BCUT2D eigenvalue weighted by molar-refractivity contribution is 0.400. The molecule has 0 spiro atoms. The fourth-order valence-electron chi connectivity index (χ4n) is 2.30. The first-order chi connectivity index (χ1) is 9.74. The maximum Gasteiger partial charge on any atom is 0.214 e. The van der Waals surface area contributed by atoms with Gasteiger partial charge in [-0.1, -0.05) is 29.0 Å². The Morgan fingerprint density at radius 3 is 2.95 bits per heavy atom. The topological polar surface area (TPSA) is 39.4 Å². The molecule has 0 unspecified atom stereocenters. The van der Waals surface area contributed by atoms with Gasteiger partial charge in [-0.25, -0.2) is 9.97 Å². The van der Waals surface area contributed by atoms with E-state index in [4.69, 9.17) is 16.3 Å². The Labute approximate surface area is 124 Å². The summed E-state index contributed by atoms with van der Waals surface area (Å²) in [5.41, 5.74) is 3.17. The van der Waals surface area contributed by atoms with Gasteiger partial charge in [0.15, 0.2) is 4.96 Å². The monoisotopic (exact) mass is 303 g/mol. The third kappa shape index (κ3) is 1.74. The molecule has 20 heavy (non-hydrogen) atoms. The number of pyridine rings is 1. The molecule has 1 aliphatic rings. The Balaban J connectivity index is 1.85. The van der Waals surface area contributed by atoms with Gasteiger partial charge in [0, 0.05) is 23.7 Å². The predicted molar refractivity (Wildman–Crippen MR) is 81.5 cm³/mol. The first-order valence-corrected chi connectivity index (χ1v) is 7.32. The van der Waals surface area contributed by atoms with Crippen LogP contribution in [0.3, 0.4) is 0 Å². The van der Waals surface area contributed by atoms with E-state index in [0.717, 1.165) is 38.0 Å². The molecule has 0 bridgehead atoms. The van der Waals surface area contributed by atoms with Gasteiger partial charge in [-0.2, -0.15) is 0 Å². The number of imidazole rings is 1. The van der Waals surface area contributed by atoms with Crippen LogP contribution in [0.25, 0.3) is 20.9 Å². The lowest BCUT2D eigenvalue weighted by atomic mass is 10.2. The van der Waals surface area contributed by atoms with E-state index in [1.165, 1.54) is 0 Å². The van der Waals surface area contributed by atoms with Gasteiger partial charge < -0.3 is 4.74 Å². The number of allylic oxidation sites excluding steroid dienone is 4. The maximum atomic E-state index is 6.01. The molecule has 100 valence electrons. The summed E-state index contributed by atoms with van der Waals surface area (Å²) in [7, 11) is 1.62. The Kier molecular flexibility index (Phi) is 2.58. The summed E-state index contributed by atoms with van der Waals surface area (Å²) >= 11 is 7.57. The Hall–Kier alpha value is -1.85. The number of hydrogen-bond donors (Lipinski definition) is 0. The molecule has 4 nitrogen and oxygen atoms in total. The van der Waals surface area contributed by atoms with E-state index in [2.05, 4.69) is 14.4 Å². The molecule has 0 aromatic carbocycles. The molecule has 0 fully saturated rings. The van der Waals surface area contributed by atoms with E-state index >= 15 is 0 Å². The van der Waals surface area contributed by atoms with E-state index in [1.807, 2.05) is 30.5 Å². The number of fused-ring (bicyclic) bond motifs is 3. The van der Waals surface area contributed by atoms with Crippen LogP contribution in [-0.4, -0.2) is 21.5 Å². The molecule has 0 amide bonds. The lowest BCUT2D eigenvalue weighted by Crippen LogP contribution is -1.87. The molecule has 4 rings (SSSR count). The molecule has 0 atom stereocenters. The largest absolute Gasteiger partial charge is 0.481 e. The van der Waals surface area contributed by atoms with E-state index in [1.54, 1.807) is 18.4 Å². The van der Waals surface area contributed by atoms with E-state index in [0.29, 0.717) is 5.88 Å². The van der Waals surface area contributed by atoms with Gasteiger partial charge in [0.1, 0.15) is 4.83 Å². The zero-order valence-corrected chi connectivity index (χ0v) is 12.2. The average Bonchev–Trinajstić information content (AvgIpc) is 3.11. The molecule has 3 heterocycles. The van der Waals surface area contributed by atoms with Crippen molar-refractivity contribution in [2.45, 2.75) is 6.42 Å². The first-order valence-electron chi connectivity index (χ1n) is 6.13. The Morgan fingerprint density at radius 1 is 1.30 bits per heavy atom. The molecule has 0 radical (unpaired) electrons. The molecule has 0 saturated carbocycles. The number of aromatic nitrogens is 3. The lowest BCUT2D eigenvalue weighted by Gasteiger charge is -1.98. The Bertz CT molecular complexity index is 890. The van der Waals surface area contributed by atoms with Crippen molar-refractivity contribution in [3.63, 3.8) is 0 Å². The highest BCUT2D eigenvalue weighted by Crippen LogP contribution is 2.32. The fourth-order valence-corrected chi connectivity index (χ4v) is 3.48. The van der Waals surface area contributed by atoms with Crippen LogP contribution >= 0.6 is 22.9 Å². The van der Waals surface area contributed by atoms with Crippen LogP contribution in [0.1, 0.15) is 12.1 Å². The molecule has 0 N–H and O–H groups in total. The van der Waals surface area contributed by atoms with Crippen LogP contribution in [0.4, 0.5) is 0 Å². The van der Waals surface area contributed by atoms with Gasteiger partial charge in [-0.05, 0) is 17.7 Å². The van der Waals surface area contributed by atoms with Crippen LogP contribution in [0.15, 0.2) is 35.5 Å². The minimum atomic E-state index is 0.622. The zero-order chi connectivity index (χ0) is 13.7. The summed E-state index contributed by atoms with van der Waals surface area (Å²) in [6.45, 7) is 0. The van der Waals surface area contributed by atoms with Gasteiger partial charge in [-0.3, -0.25) is 4.40 Å². The van der Waals surface area contributed by atoms with Crippen molar-refractivity contribution >= 4 is 43.8 Å². The van der Waals surface area contributed by atoms with Gasteiger partial charge in [0.05, 0.1) is 18.3 Å². The number of nitrogens with zero attached hydrogens (tertiary/aromatic N) is 3. The van der Waals surface area contributed by atoms with Crippen LogP contribution in [-0.2, 0) is 0 Å². The number of rotatable bonds is 2. The van der Waals surface area contributed by atoms with Gasteiger partial charge in [0.2, 0.25) is 5.88 Å². The summed E-state index contributed by atoms with van der Waals surface area (Å²) in [5.74, 6) is 0.622. The molecule has 6 heteroatoms. The zero-order valence-electron chi connectivity index (χ0n) is 10.6. The van der Waals surface area contributed by atoms with Crippen molar-refractivity contribution in [2.24, 2.45) is 0 Å². The van der Waals surface area contributed by atoms with Crippen LogP contribution in [0.5, 0.6) is 5.88 Å². The summed E-state index contributed by atoms with van der Waals surface area (Å²) in [6.07, 6.45) is 6.75. The van der Waals surface area contributed by atoms with Gasteiger partial charge >= 0.3 is 0 Å². The second-order valence-corrected chi connectivity index (χ2v) is 5.98.